The average Bonchev–Trinajstić information content (AvgIpc) is 2.43. The highest BCUT2D eigenvalue weighted by atomic mass is 15.1. The summed E-state index contributed by atoms with van der Waals surface area (Å²) in [5.41, 5.74) is 5.27. The van der Waals surface area contributed by atoms with E-state index in [1.807, 2.05) is 0 Å². The van der Waals surface area contributed by atoms with Gasteiger partial charge >= 0.3 is 0 Å². The lowest BCUT2D eigenvalue weighted by molar-refractivity contribution is 0.340. The summed E-state index contributed by atoms with van der Waals surface area (Å²) in [7, 11) is 2.17. The molecule has 106 valence electrons. The summed E-state index contributed by atoms with van der Waals surface area (Å²) < 4.78 is 0. The molecule has 0 aliphatic heterocycles. The van der Waals surface area contributed by atoms with Crippen molar-refractivity contribution in [3.63, 3.8) is 0 Å². The maximum atomic E-state index is 3.56. The minimum atomic E-state index is 0.967. The number of hydrogen-bond donors (Lipinski definition) is 1. The Balaban J connectivity index is 1.81. The quantitative estimate of drug-likeness (QED) is 0.856. The van der Waals surface area contributed by atoms with Crippen LogP contribution in [0.1, 0.15) is 16.7 Å². The van der Waals surface area contributed by atoms with Crippen LogP contribution in [0.4, 0.5) is 5.69 Å². The Labute approximate surface area is 122 Å². The number of nitrogens with zero attached hydrogens (tertiary/aromatic N) is 1. The third-order valence-corrected chi connectivity index (χ3v) is 3.57. The van der Waals surface area contributed by atoms with Gasteiger partial charge in [-0.1, -0.05) is 48.5 Å². The van der Waals surface area contributed by atoms with Crippen LogP contribution in [0.15, 0.2) is 48.5 Å². The van der Waals surface area contributed by atoms with Gasteiger partial charge in [0.2, 0.25) is 0 Å². The number of aryl methyl sites for hydroxylation is 2. The fraction of sp³-hybridized carbons (Fsp3) is 0.333. The van der Waals surface area contributed by atoms with Crippen LogP contribution in [0.2, 0.25) is 0 Å². The van der Waals surface area contributed by atoms with E-state index < -0.39 is 0 Å². The molecule has 0 heterocycles. The van der Waals surface area contributed by atoms with Crippen molar-refractivity contribution >= 4 is 5.69 Å². The number of nitrogens with one attached hydrogen (secondary N) is 1. The minimum Gasteiger partial charge on any atom is -0.383 e. The molecule has 2 nitrogen and oxygen atoms in total. The van der Waals surface area contributed by atoms with Gasteiger partial charge < -0.3 is 10.2 Å². The Hall–Kier alpha value is -1.80. The second-order valence-corrected chi connectivity index (χ2v) is 5.42. The summed E-state index contributed by atoms with van der Waals surface area (Å²) in [5.74, 6) is 0. The van der Waals surface area contributed by atoms with E-state index in [0.29, 0.717) is 0 Å². The zero-order valence-corrected chi connectivity index (χ0v) is 12.7. The molecule has 0 spiro atoms. The third-order valence-electron chi connectivity index (χ3n) is 3.57. The monoisotopic (exact) mass is 268 g/mol. The van der Waals surface area contributed by atoms with Crippen LogP contribution in [0.3, 0.4) is 0 Å². The Morgan fingerprint density at radius 3 is 2.20 bits per heavy atom. The molecule has 0 aromatic heterocycles. The molecule has 2 aromatic carbocycles. The Morgan fingerprint density at radius 2 is 1.55 bits per heavy atom. The lowest BCUT2D eigenvalue weighted by Gasteiger charge is -2.19. The standard InChI is InChI=1S/C18H24N2/c1-15-8-7-9-16(2)18(15)19-12-13-20(3)14-17-10-5-4-6-11-17/h4-11,19H,12-14H2,1-3H3. The summed E-state index contributed by atoms with van der Waals surface area (Å²) in [6.45, 7) is 7.30. The number of rotatable bonds is 6. The first-order valence-electron chi connectivity index (χ1n) is 7.19. The highest BCUT2D eigenvalue weighted by Gasteiger charge is 2.03. The molecule has 0 bridgehead atoms. The molecule has 0 atom stereocenters. The molecule has 2 heteroatoms. The first-order chi connectivity index (χ1) is 9.66. The maximum absolute atomic E-state index is 3.56. The topological polar surface area (TPSA) is 15.3 Å². The normalized spacial score (nSPS) is 10.8. The van der Waals surface area contributed by atoms with Gasteiger partial charge in [0.05, 0.1) is 0 Å². The fourth-order valence-electron chi connectivity index (χ4n) is 2.44. The van der Waals surface area contributed by atoms with Gasteiger partial charge in [0, 0.05) is 25.3 Å². The third kappa shape index (κ3) is 4.10. The Bertz CT molecular complexity index is 514. The van der Waals surface area contributed by atoms with Gasteiger partial charge in [-0.25, -0.2) is 0 Å². The van der Waals surface area contributed by atoms with Crippen molar-refractivity contribution in [3.05, 3.63) is 65.2 Å². The van der Waals surface area contributed by atoms with E-state index in [1.165, 1.54) is 22.4 Å². The molecule has 0 aliphatic rings. The van der Waals surface area contributed by atoms with Crippen molar-refractivity contribution in [1.29, 1.82) is 0 Å². The zero-order chi connectivity index (χ0) is 14.4. The maximum Gasteiger partial charge on any atom is 0.0400 e. The molecule has 0 amide bonds. The average molecular weight is 268 g/mol. The molecule has 0 fully saturated rings. The predicted molar refractivity (Wildman–Crippen MR) is 87.2 cm³/mol. The van der Waals surface area contributed by atoms with Crippen molar-refractivity contribution < 1.29 is 0 Å². The van der Waals surface area contributed by atoms with Gasteiger partial charge in [-0.3, -0.25) is 0 Å². The number of anilines is 1. The largest absolute Gasteiger partial charge is 0.383 e. The lowest BCUT2D eigenvalue weighted by atomic mass is 10.1. The van der Waals surface area contributed by atoms with E-state index in [0.717, 1.165) is 19.6 Å². The molecule has 0 saturated carbocycles. The van der Waals surface area contributed by atoms with Crippen LogP contribution in [0.25, 0.3) is 0 Å². The van der Waals surface area contributed by atoms with E-state index in [4.69, 9.17) is 0 Å². The molecule has 0 radical (unpaired) electrons. The van der Waals surface area contributed by atoms with Crippen molar-refractivity contribution in [2.45, 2.75) is 20.4 Å². The SMILES string of the molecule is Cc1cccc(C)c1NCCN(C)Cc1ccccc1. The zero-order valence-electron chi connectivity index (χ0n) is 12.7. The summed E-state index contributed by atoms with van der Waals surface area (Å²) in [5, 5.41) is 3.56. The van der Waals surface area contributed by atoms with Crippen LogP contribution in [-0.2, 0) is 6.54 Å². The molecule has 2 aromatic rings. The number of likely N-dealkylation sites (N-methyl/N-ethyl adjacent to an activating group) is 1. The first kappa shape index (κ1) is 14.6. The van der Waals surface area contributed by atoms with Crippen molar-refractivity contribution in [1.82, 2.24) is 4.90 Å². The van der Waals surface area contributed by atoms with Crippen molar-refractivity contribution in [2.24, 2.45) is 0 Å². The highest BCUT2D eigenvalue weighted by molar-refractivity contribution is 5.56. The molecule has 0 aliphatic carbocycles. The lowest BCUT2D eigenvalue weighted by Crippen LogP contribution is -2.25. The van der Waals surface area contributed by atoms with E-state index in [9.17, 15) is 0 Å². The molecular formula is C18H24N2. The Morgan fingerprint density at radius 1 is 0.900 bits per heavy atom. The van der Waals surface area contributed by atoms with Crippen molar-refractivity contribution in [3.8, 4) is 0 Å². The molecule has 0 unspecified atom stereocenters. The minimum absolute atomic E-state index is 0.967. The number of hydrogen-bond acceptors (Lipinski definition) is 2. The van der Waals surface area contributed by atoms with Crippen LogP contribution < -0.4 is 5.32 Å². The fourth-order valence-corrected chi connectivity index (χ4v) is 2.44. The number of benzene rings is 2. The second kappa shape index (κ2) is 7.11. The van der Waals surface area contributed by atoms with Crippen LogP contribution >= 0.6 is 0 Å². The molecule has 1 N–H and O–H groups in total. The molecule has 2 rings (SSSR count). The van der Waals surface area contributed by atoms with E-state index in [-0.39, 0.29) is 0 Å². The van der Waals surface area contributed by atoms with E-state index >= 15 is 0 Å². The smallest absolute Gasteiger partial charge is 0.0400 e. The van der Waals surface area contributed by atoms with Gasteiger partial charge in [-0.15, -0.1) is 0 Å². The van der Waals surface area contributed by atoms with Gasteiger partial charge in [-0.2, -0.15) is 0 Å². The second-order valence-electron chi connectivity index (χ2n) is 5.42. The van der Waals surface area contributed by atoms with Crippen LogP contribution in [0, 0.1) is 13.8 Å². The van der Waals surface area contributed by atoms with Crippen LogP contribution in [0.5, 0.6) is 0 Å². The van der Waals surface area contributed by atoms with Gasteiger partial charge in [0.15, 0.2) is 0 Å². The van der Waals surface area contributed by atoms with E-state index in [1.54, 1.807) is 0 Å². The van der Waals surface area contributed by atoms with Gasteiger partial charge in [0.1, 0.15) is 0 Å². The van der Waals surface area contributed by atoms with E-state index in [2.05, 4.69) is 79.6 Å². The molecular weight excluding hydrogens is 244 g/mol. The summed E-state index contributed by atoms with van der Waals surface area (Å²) in [4.78, 5) is 2.34. The van der Waals surface area contributed by atoms with Gasteiger partial charge in [0.25, 0.3) is 0 Å². The van der Waals surface area contributed by atoms with Crippen molar-refractivity contribution in [2.75, 3.05) is 25.5 Å². The highest BCUT2D eigenvalue weighted by Crippen LogP contribution is 2.18. The molecule has 20 heavy (non-hydrogen) atoms. The summed E-state index contributed by atoms with van der Waals surface area (Å²) in [6.07, 6.45) is 0. The summed E-state index contributed by atoms with van der Waals surface area (Å²) in [6, 6.07) is 17.0. The number of para-hydroxylation sites is 1. The summed E-state index contributed by atoms with van der Waals surface area (Å²) >= 11 is 0. The van der Waals surface area contributed by atoms with Gasteiger partial charge in [-0.05, 0) is 37.6 Å². The molecule has 0 saturated heterocycles. The first-order valence-corrected chi connectivity index (χ1v) is 7.19. The van der Waals surface area contributed by atoms with Crippen LogP contribution in [-0.4, -0.2) is 25.0 Å². The predicted octanol–water partition coefficient (Wildman–Crippen LogP) is 3.85. The Kier molecular flexibility index (Phi) is 5.19.